The standard InChI is InChI=1S/C24H17FN4O2S/c1-15(22-27-21(28-31-22)16-7-3-2-4-8-16)32-24-26-20-10-6-5-9-19(20)23(30)29(24)18-13-11-17(25)12-14-18/h2-15H,1H3. The van der Waals surface area contributed by atoms with Crippen LogP contribution in [-0.2, 0) is 0 Å². The SMILES string of the molecule is CC(Sc1nc2ccccc2c(=O)n1-c1ccc(F)cc1)c1nc(-c2ccccc2)no1. The van der Waals surface area contributed by atoms with E-state index in [9.17, 15) is 9.18 Å². The van der Waals surface area contributed by atoms with Gasteiger partial charge < -0.3 is 4.52 Å². The second kappa shape index (κ2) is 8.39. The highest BCUT2D eigenvalue weighted by Crippen LogP contribution is 2.34. The average molecular weight is 444 g/mol. The summed E-state index contributed by atoms with van der Waals surface area (Å²) in [4.78, 5) is 22.5. The number of hydrogen-bond acceptors (Lipinski definition) is 6. The maximum Gasteiger partial charge on any atom is 0.266 e. The molecule has 2 aromatic heterocycles. The summed E-state index contributed by atoms with van der Waals surface area (Å²) in [5, 5.41) is 4.73. The van der Waals surface area contributed by atoms with Crippen molar-refractivity contribution in [3.05, 3.63) is 101 Å². The van der Waals surface area contributed by atoms with Crippen LogP contribution in [0.3, 0.4) is 0 Å². The zero-order valence-corrected chi connectivity index (χ0v) is 17.8. The smallest absolute Gasteiger partial charge is 0.266 e. The second-order valence-electron chi connectivity index (χ2n) is 7.11. The molecule has 0 spiro atoms. The summed E-state index contributed by atoms with van der Waals surface area (Å²) < 4.78 is 20.5. The molecule has 0 bridgehead atoms. The minimum Gasteiger partial charge on any atom is -0.338 e. The van der Waals surface area contributed by atoms with Gasteiger partial charge in [-0.3, -0.25) is 9.36 Å². The van der Waals surface area contributed by atoms with Crippen molar-refractivity contribution < 1.29 is 8.91 Å². The van der Waals surface area contributed by atoms with Crippen LogP contribution in [-0.4, -0.2) is 19.7 Å². The van der Waals surface area contributed by atoms with Gasteiger partial charge in [0.05, 0.1) is 21.8 Å². The minimum atomic E-state index is -0.377. The maximum absolute atomic E-state index is 13.5. The first-order valence-electron chi connectivity index (χ1n) is 9.93. The zero-order chi connectivity index (χ0) is 22.1. The van der Waals surface area contributed by atoms with Crippen LogP contribution in [0.2, 0.25) is 0 Å². The lowest BCUT2D eigenvalue weighted by Crippen LogP contribution is -2.22. The summed E-state index contributed by atoms with van der Waals surface area (Å²) in [6.45, 7) is 1.91. The van der Waals surface area contributed by atoms with Gasteiger partial charge in [-0.05, 0) is 43.3 Å². The van der Waals surface area contributed by atoms with E-state index in [0.29, 0.717) is 33.5 Å². The summed E-state index contributed by atoms with van der Waals surface area (Å²) in [5.74, 6) is 0.537. The van der Waals surface area contributed by atoms with Gasteiger partial charge in [-0.1, -0.05) is 59.4 Å². The van der Waals surface area contributed by atoms with Crippen molar-refractivity contribution in [2.75, 3.05) is 0 Å². The van der Waals surface area contributed by atoms with Gasteiger partial charge in [0.25, 0.3) is 5.56 Å². The fourth-order valence-corrected chi connectivity index (χ4v) is 4.28. The van der Waals surface area contributed by atoms with Gasteiger partial charge in [0.2, 0.25) is 11.7 Å². The lowest BCUT2D eigenvalue weighted by molar-refractivity contribution is 0.380. The molecule has 2 heterocycles. The Morgan fingerprint density at radius 3 is 2.44 bits per heavy atom. The fourth-order valence-electron chi connectivity index (χ4n) is 3.32. The number of nitrogens with zero attached hydrogens (tertiary/aromatic N) is 4. The highest BCUT2D eigenvalue weighted by molar-refractivity contribution is 7.99. The highest BCUT2D eigenvalue weighted by Gasteiger charge is 2.21. The van der Waals surface area contributed by atoms with Crippen LogP contribution in [0.15, 0.2) is 93.3 Å². The van der Waals surface area contributed by atoms with E-state index in [2.05, 4.69) is 10.1 Å². The van der Waals surface area contributed by atoms with Gasteiger partial charge in [-0.25, -0.2) is 9.37 Å². The summed E-state index contributed by atoms with van der Waals surface area (Å²) in [7, 11) is 0. The Morgan fingerprint density at radius 2 is 1.66 bits per heavy atom. The third kappa shape index (κ3) is 3.80. The quantitative estimate of drug-likeness (QED) is 0.266. The van der Waals surface area contributed by atoms with Crippen molar-refractivity contribution in [1.82, 2.24) is 19.7 Å². The Hall–Kier alpha value is -3.78. The average Bonchev–Trinajstić information content (AvgIpc) is 3.32. The van der Waals surface area contributed by atoms with Crippen LogP contribution in [0.25, 0.3) is 28.0 Å². The molecule has 1 unspecified atom stereocenters. The van der Waals surface area contributed by atoms with Gasteiger partial charge in [0, 0.05) is 5.56 Å². The number of hydrogen-bond donors (Lipinski definition) is 0. The Balaban J connectivity index is 1.56. The third-order valence-electron chi connectivity index (χ3n) is 4.93. The molecular formula is C24H17FN4O2S. The number of thioether (sulfide) groups is 1. The molecule has 5 rings (SSSR count). The number of benzene rings is 3. The van der Waals surface area contributed by atoms with Crippen molar-refractivity contribution in [3.8, 4) is 17.1 Å². The molecule has 0 saturated heterocycles. The van der Waals surface area contributed by atoms with E-state index < -0.39 is 0 Å². The van der Waals surface area contributed by atoms with Crippen LogP contribution >= 0.6 is 11.8 Å². The second-order valence-corrected chi connectivity index (χ2v) is 8.42. The predicted molar refractivity (Wildman–Crippen MR) is 121 cm³/mol. The molecule has 0 aliphatic carbocycles. The van der Waals surface area contributed by atoms with Gasteiger partial charge >= 0.3 is 0 Å². The van der Waals surface area contributed by atoms with Crippen molar-refractivity contribution in [2.24, 2.45) is 0 Å². The zero-order valence-electron chi connectivity index (χ0n) is 17.0. The number of para-hydroxylation sites is 1. The van der Waals surface area contributed by atoms with E-state index in [-0.39, 0.29) is 16.6 Å². The van der Waals surface area contributed by atoms with E-state index >= 15 is 0 Å². The third-order valence-corrected chi connectivity index (χ3v) is 5.97. The maximum atomic E-state index is 13.5. The Morgan fingerprint density at radius 1 is 0.938 bits per heavy atom. The molecule has 8 heteroatoms. The number of rotatable bonds is 5. The Bertz CT molecular complexity index is 1450. The number of aromatic nitrogens is 4. The van der Waals surface area contributed by atoms with Crippen molar-refractivity contribution >= 4 is 22.7 Å². The summed E-state index contributed by atoms with van der Waals surface area (Å²) in [6.07, 6.45) is 0. The van der Waals surface area contributed by atoms with Crippen LogP contribution < -0.4 is 5.56 Å². The highest BCUT2D eigenvalue weighted by atomic mass is 32.2. The molecule has 0 fully saturated rings. The van der Waals surface area contributed by atoms with Crippen molar-refractivity contribution in [2.45, 2.75) is 17.3 Å². The summed E-state index contributed by atoms with van der Waals surface area (Å²) in [5.41, 5.74) is 1.74. The predicted octanol–water partition coefficient (Wildman–Crippen LogP) is 5.43. The Labute approximate surface area is 186 Å². The van der Waals surface area contributed by atoms with Crippen molar-refractivity contribution in [3.63, 3.8) is 0 Å². The van der Waals surface area contributed by atoms with Crippen LogP contribution in [0.1, 0.15) is 18.1 Å². The largest absolute Gasteiger partial charge is 0.338 e. The summed E-state index contributed by atoms with van der Waals surface area (Å²) in [6, 6.07) is 22.4. The topological polar surface area (TPSA) is 73.8 Å². The van der Waals surface area contributed by atoms with Crippen LogP contribution in [0.4, 0.5) is 4.39 Å². The minimum absolute atomic E-state index is 0.229. The van der Waals surface area contributed by atoms with Gasteiger partial charge in [-0.2, -0.15) is 4.98 Å². The first kappa shape index (κ1) is 20.1. The van der Waals surface area contributed by atoms with E-state index in [1.54, 1.807) is 30.3 Å². The lowest BCUT2D eigenvalue weighted by Gasteiger charge is -2.14. The van der Waals surface area contributed by atoms with Crippen LogP contribution in [0, 0.1) is 5.82 Å². The summed E-state index contributed by atoms with van der Waals surface area (Å²) >= 11 is 1.32. The molecule has 1 atom stereocenters. The molecular weight excluding hydrogens is 427 g/mol. The number of fused-ring (bicyclic) bond motifs is 1. The Kier molecular flexibility index (Phi) is 5.28. The molecule has 0 N–H and O–H groups in total. The monoisotopic (exact) mass is 444 g/mol. The first-order valence-corrected chi connectivity index (χ1v) is 10.8. The van der Waals surface area contributed by atoms with Crippen LogP contribution in [0.5, 0.6) is 0 Å². The molecule has 5 aromatic rings. The molecule has 3 aromatic carbocycles. The van der Waals surface area contributed by atoms with E-state index in [4.69, 9.17) is 9.51 Å². The van der Waals surface area contributed by atoms with E-state index in [1.165, 1.54) is 28.5 Å². The lowest BCUT2D eigenvalue weighted by atomic mass is 10.2. The number of halogens is 1. The van der Waals surface area contributed by atoms with E-state index in [1.807, 2.05) is 43.3 Å². The molecule has 158 valence electrons. The molecule has 0 aliphatic heterocycles. The molecule has 6 nitrogen and oxygen atoms in total. The fraction of sp³-hybridized carbons (Fsp3) is 0.0833. The molecule has 0 amide bonds. The normalized spacial score (nSPS) is 12.2. The van der Waals surface area contributed by atoms with E-state index in [0.717, 1.165) is 5.56 Å². The van der Waals surface area contributed by atoms with Gasteiger partial charge in [0.1, 0.15) is 5.82 Å². The molecule has 32 heavy (non-hydrogen) atoms. The van der Waals surface area contributed by atoms with Gasteiger partial charge in [0.15, 0.2) is 5.16 Å². The van der Waals surface area contributed by atoms with Crippen molar-refractivity contribution in [1.29, 1.82) is 0 Å². The first-order chi connectivity index (χ1) is 15.6. The van der Waals surface area contributed by atoms with Gasteiger partial charge in [-0.15, -0.1) is 0 Å². The molecule has 0 aliphatic rings. The molecule has 0 saturated carbocycles. The molecule has 0 radical (unpaired) electrons.